The number of imidazole rings is 1. The van der Waals surface area contributed by atoms with Crippen molar-refractivity contribution in [3.8, 4) is 11.4 Å². The number of hydrogen-bond donors (Lipinski definition) is 0. The number of pyridine rings is 2. The van der Waals surface area contributed by atoms with Gasteiger partial charge in [0.25, 0.3) is 0 Å². The molecule has 3 aromatic heterocycles. The molecule has 0 aliphatic heterocycles. The van der Waals surface area contributed by atoms with Crippen LogP contribution < -0.4 is 0 Å². The van der Waals surface area contributed by atoms with Gasteiger partial charge in [0.05, 0.1) is 0 Å². The van der Waals surface area contributed by atoms with Crippen molar-refractivity contribution in [1.29, 1.82) is 0 Å². The van der Waals surface area contributed by atoms with Crippen LogP contribution in [0.4, 0.5) is 13.2 Å². The molecule has 0 radical (unpaired) electrons. The highest BCUT2D eigenvalue weighted by Gasteiger charge is 2.33. The molecule has 24 heavy (non-hydrogen) atoms. The first-order valence-corrected chi connectivity index (χ1v) is 8.29. The van der Waals surface area contributed by atoms with Crippen LogP contribution in [-0.4, -0.2) is 25.3 Å². The lowest BCUT2D eigenvalue weighted by Crippen LogP contribution is -2.08. The van der Waals surface area contributed by atoms with Gasteiger partial charge in [-0.3, -0.25) is 4.98 Å². The number of aryl methyl sites for hydroxylation is 2. The number of fused-ring (bicyclic) bond motifs is 1. The molecule has 0 aliphatic carbocycles. The second-order valence-corrected chi connectivity index (χ2v) is 6.65. The zero-order chi connectivity index (χ0) is 17.5. The summed E-state index contributed by atoms with van der Waals surface area (Å²) in [5, 5.41) is 0. The Bertz CT molecular complexity index is 902. The summed E-state index contributed by atoms with van der Waals surface area (Å²) in [5.41, 5.74) is 2.05. The molecule has 0 bridgehead atoms. The van der Waals surface area contributed by atoms with E-state index in [4.69, 9.17) is 0 Å². The second kappa shape index (κ2) is 6.08. The fourth-order valence-electron chi connectivity index (χ4n) is 2.45. The topological polar surface area (TPSA) is 43.6 Å². The Balaban J connectivity index is 2.20. The van der Waals surface area contributed by atoms with Crippen molar-refractivity contribution in [3.63, 3.8) is 0 Å². The molecule has 0 fully saturated rings. The van der Waals surface area contributed by atoms with Crippen molar-refractivity contribution in [2.24, 2.45) is 7.05 Å². The van der Waals surface area contributed by atoms with Crippen molar-refractivity contribution in [1.82, 2.24) is 19.5 Å². The third-order valence-electron chi connectivity index (χ3n) is 3.54. The minimum atomic E-state index is -4.47. The van der Waals surface area contributed by atoms with Crippen LogP contribution in [0.25, 0.3) is 22.6 Å². The van der Waals surface area contributed by atoms with Crippen molar-refractivity contribution < 1.29 is 13.2 Å². The molecule has 0 N–H and O–H groups in total. The molecule has 0 atom stereocenters. The van der Waals surface area contributed by atoms with E-state index in [-0.39, 0.29) is 0 Å². The van der Waals surface area contributed by atoms with Gasteiger partial charge in [0.1, 0.15) is 17.0 Å². The van der Waals surface area contributed by atoms with E-state index in [0.29, 0.717) is 33.2 Å². The van der Waals surface area contributed by atoms with Crippen LogP contribution in [0.3, 0.4) is 0 Å². The van der Waals surface area contributed by atoms with Crippen molar-refractivity contribution in [2.75, 3.05) is 5.75 Å². The van der Waals surface area contributed by atoms with Crippen LogP contribution in [0.1, 0.15) is 18.2 Å². The lowest BCUT2D eigenvalue weighted by Gasteiger charge is -2.11. The lowest BCUT2D eigenvalue weighted by atomic mass is 10.2. The molecule has 0 aromatic carbocycles. The fraction of sp³-hybridized carbons (Fsp3) is 0.312. The maximum atomic E-state index is 12.9. The Kier molecular flexibility index (Phi) is 4.25. The predicted molar refractivity (Wildman–Crippen MR) is 87.9 cm³/mol. The van der Waals surface area contributed by atoms with E-state index in [1.807, 2.05) is 19.9 Å². The van der Waals surface area contributed by atoms with Crippen LogP contribution in [0.15, 0.2) is 29.4 Å². The van der Waals surface area contributed by atoms with Gasteiger partial charge in [0, 0.05) is 29.9 Å². The van der Waals surface area contributed by atoms with Gasteiger partial charge in [-0.05, 0) is 30.4 Å². The van der Waals surface area contributed by atoms with Crippen LogP contribution in [0.2, 0.25) is 0 Å². The molecule has 0 saturated carbocycles. The highest BCUT2D eigenvalue weighted by molar-refractivity contribution is 7.99. The van der Waals surface area contributed by atoms with Crippen LogP contribution in [0, 0.1) is 6.92 Å². The van der Waals surface area contributed by atoms with Gasteiger partial charge < -0.3 is 4.57 Å². The minimum absolute atomic E-state index is 0.509. The number of hydrogen-bond acceptors (Lipinski definition) is 4. The lowest BCUT2D eigenvalue weighted by molar-refractivity contribution is -0.141. The first kappa shape index (κ1) is 16.8. The standard InChI is InChI=1S/C16H15F3N4S/c1-4-24-12-6-13(16(17,18)19)20-8-10(12)14-22-11-5-9(2)7-21-15(11)23(14)3/h5-8H,4H2,1-3H3. The summed E-state index contributed by atoms with van der Waals surface area (Å²) in [6, 6.07) is 2.98. The first-order chi connectivity index (χ1) is 11.3. The van der Waals surface area contributed by atoms with Gasteiger partial charge in [-0.25, -0.2) is 9.97 Å². The minimum Gasteiger partial charge on any atom is -0.312 e. The number of alkyl halides is 3. The van der Waals surface area contributed by atoms with Crippen LogP contribution >= 0.6 is 11.8 Å². The maximum absolute atomic E-state index is 12.9. The molecule has 0 amide bonds. The summed E-state index contributed by atoms with van der Waals surface area (Å²) in [5.74, 6) is 1.20. The van der Waals surface area contributed by atoms with Gasteiger partial charge >= 0.3 is 6.18 Å². The Morgan fingerprint density at radius 2 is 1.92 bits per heavy atom. The smallest absolute Gasteiger partial charge is 0.312 e. The summed E-state index contributed by atoms with van der Waals surface area (Å²) in [4.78, 5) is 13.0. The van der Waals surface area contributed by atoms with Gasteiger partial charge in [0.2, 0.25) is 0 Å². The zero-order valence-corrected chi connectivity index (χ0v) is 14.2. The molecule has 8 heteroatoms. The number of halogens is 3. The average Bonchev–Trinajstić information content (AvgIpc) is 2.83. The molecule has 0 unspecified atom stereocenters. The number of aromatic nitrogens is 4. The normalized spacial score (nSPS) is 12.1. The van der Waals surface area contributed by atoms with Crippen molar-refractivity contribution in [2.45, 2.75) is 24.9 Å². The summed E-state index contributed by atoms with van der Waals surface area (Å²) >= 11 is 1.34. The summed E-state index contributed by atoms with van der Waals surface area (Å²) in [7, 11) is 1.80. The van der Waals surface area contributed by atoms with E-state index in [1.54, 1.807) is 17.8 Å². The van der Waals surface area contributed by atoms with Gasteiger partial charge in [-0.2, -0.15) is 13.2 Å². The van der Waals surface area contributed by atoms with Crippen LogP contribution in [0.5, 0.6) is 0 Å². The Morgan fingerprint density at radius 1 is 1.17 bits per heavy atom. The molecule has 0 spiro atoms. The van der Waals surface area contributed by atoms with Crippen LogP contribution in [-0.2, 0) is 13.2 Å². The molecule has 3 heterocycles. The molecule has 126 valence electrons. The maximum Gasteiger partial charge on any atom is 0.433 e. The first-order valence-electron chi connectivity index (χ1n) is 7.30. The third-order valence-corrected chi connectivity index (χ3v) is 4.48. The highest BCUT2D eigenvalue weighted by Crippen LogP contribution is 2.36. The number of nitrogens with zero attached hydrogens (tertiary/aromatic N) is 4. The van der Waals surface area contributed by atoms with E-state index < -0.39 is 11.9 Å². The Hall–Kier alpha value is -2.09. The molecule has 3 rings (SSSR count). The summed E-state index contributed by atoms with van der Waals surface area (Å²) in [6.07, 6.45) is -1.48. The molecule has 0 saturated heterocycles. The van der Waals surface area contributed by atoms with Gasteiger partial charge in [0.15, 0.2) is 5.65 Å². The fourth-order valence-corrected chi connectivity index (χ4v) is 3.26. The molecular formula is C16H15F3N4S. The van der Waals surface area contributed by atoms with E-state index in [0.717, 1.165) is 11.6 Å². The van der Waals surface area contributed by atoms with E-state index in [9.17, 15) is 13.2 Å². The summed E-state index contributed by atoms with van der Waals surface area (Å²) in [6.45, 7) is 3.81. The highest BCUT2D eigenvalue weighted by atomic mass is 32.2. The molecule has 3 aromatic rings. The Labute approximate surface area is 141 Å². The van der Waals surface area contributed by atoms with Gasteiger partial charge in [-0.15, -0.1) is 11.8 Å². The van der Waals surface area contributed by atoms with E-state index in [1.165, 1.54) is 18.0 Å². The largest absolute Gasteiger partial charge is 0.433 e. The van der Waals surface area contributed by atoms with Gasteiger partial charge in [-0.1, -0.05) is 6.92 Å². The Morgan fingerprint density at radius 3 is 2.58 bits per heavy atom. The third kappa shape index (κ3) is 2.98. The molecule has 4 nitrogen and oxygen atoms in total. The van der Waals surface area contributed by atoms with E-state index in [2.05, 4.69) is 15.0 Å². The van der Waals surface area contributed by atoms with Crippen molar-refractivity contribution >= 4 is 22.9 Å². The molecular weight excluding hydrogens is 337 g/mol. The zero-order valence-electron chi connectivity index (χ0n) is 13.3. The monoisotopic (exact) mass is 352 g/mol. The van der Waals surface area contributed by atoms with E-state index >= 15 is 0 Å². The number of rotatable bonds is 3. The quantitative estimate of drug-likeness (QED) is 0.653. The predicted octanol–water partition coefficient (Wildman–Crippen LogP) is 4.47. The average molecular weight is 352 g/mol. The van der Waals surface area contributed by atoms with Crippen molar-refractivity contribution in [3.05, 3.63) is 35.8 Å². The summed E-state index contributed by atoms with van der Waals surface area (Å²) < 4.78 is 40.6. The molecule has 0 aliphatic rings. The number of thioether (sulfide) groups is 1. The second-order valence-electron chi connectivity index (χ2n) is 5.35. The SMILES string of the molecule is CCSc1cc(C(F)(F)F)ncc1-c1nc2cc(C)cnc2n1C.